The lowest BCUT2D eigenvalue weighted by Gasteiger charge is -2.09. The topological polar surface area (TPSA) is 35.2 Å². The second-order valence-corrected chi connectivity index (χ2v) is 4.76. The Balaban J connectivity index is 2.01. The third-order valence-electron chi connectivity index (χ3n) is 2.35. The highest BCUT2D eigenvalue weighted by Gasteiger charge is 2.01. The molecule has 1 heterocycles. The molecule has 2 rings (SSSR count). The standard InChI is InChI=1S/C13H15NOS/c1-10(14)11-4-2-5-12(8-11)15-9-13-6-3-7-16-13/h2-8,10H,9,14H2,1H3/t10-/m0/s1. The van der Waals surface area contributed by atoms with E-state index in [1.165, 1.54) is 4.88 Å². The van der Waals surface area contributed by atoms with Crippen molar-refractivity contribution in [3.63, 3.8) is 0 Å². The van der Waals surface area contributed by atoms with Crippen molar-refractivity contribution >= 4 is 11.3 Å². The van der Waals surface area contributed by atoms with Gasteiger partial charge in [-0.15, -0.1) is 11.3 Å². The second kappa shape index (κ2) is 5.14. The molecule has 0 bridgehead atoms. The molecule has 0 radical (unpaired) electrons. The van der Waals surface area contributed by atoms with Crippen molar-refractivity contribution in [2.75, 3.05) is 0 Å². The third kappa shape index (κ3) is 2.84. The van der Waals surface area contributed by atoms with Gasteiger partial charge in [0.1, 0.15) is 12.4 Å². The number of hydrogen-bond donors (Lipinski definition) is 1. The first-order valence-corrected chi connectivity index (χ1v) is 6.14. The quantitative estimate of drug-likeness (QED) is 0.879. The highest BCUT2D eigenvalue weighted by molar-refractivity contribution is 7.09. The predicted molar refractivity (Wildman–Crippen MR) is 67.7 cm³/mol. The average molecular weight is 233 g/mol. The zero-order chi connectivity index (χ0) is 11.4. The molecule has 0 unspecified atom stereocenters. The Bertz CT molecular complexity index is 437. The second-order valence-electron chi connectivity index (χ2n) is 3.73. The maximum Gasteiger partial charge on any atom is 0.122 e. The molecule has 1 atom stereocenters. The smallest absolute Gasteiger partial charge is 0.122 e. The van der Waals surface area contributed by atoms with Crippen LogP contribution in [0.5, 0.6) is 5.75 Å². The molecule has 0 amide bonds. The lowest BCUT2D eigenvalue weighted by atomic mass is 10.1. The Morgan fingerprint density at radius 1 is 1.31 bits per heavy atom. The molecule has 1 aromatic carbocycles. The minimum atomic E-state index is 0.0466. The van der Waals surface area contributed by atoms with Gasteiger partial charge in [0.25, 0.3) is 0 Å². The molecule has 0 aliphatic carbocycles. The average Bonchev–Trinajstić information content (AvgIpc) is 2.79. The van der Waals surface area contributed by atoms with Gasteiger partial charge in [-0.05, 0) is 36.1 Å². The summed E-state index contributed by atoms with van der Waals surface area (Å²) in [5.74, 6) is 0.878. The number of nitrogens with two attached hydrogens (primary N) is 1. The Kier molecular flexibility index (Phi) is 3.59. The van der Waals surface area contributed by atoms with Crippen LogP contribution in [0.4, 0.5) is 0 Å². The SMILES string of the molecule is C[C@H](N)c1cccc(OCc2cccs2)c1. The maximum absolute atomic E-state index is 5.82. The maximum atomic E-state index is 5.82. The largest absolute Gasteiger partial charge is 0.488 e. The van der Waals surface area contributed by atoms with E-state index in [1.807, 2.05) is 37.3 Å². The summed E-state index contributed by atoms with van der Waals surface area (Å²) in [5.41, 5.74) is 6.92. The normalized spacial score (nSPS) is 12.4. The van der Waals surface area contributed by atoms with Gasteiger partial charge in [-0.3, -0.25) is 0 Å². The van der Waals surface area contributed by atoms with Crippen LogP contribution in [0.1, 0.15) is 23.4 Å². The molecule has 1 aromatic heterocycles. The first kappa shape index (κ1) is 11.2. The minimum absolute atomic E-state index is 0.0466. The molecule has 0 saturated heterocycles. The third-order valence-corrected chi connectivity index (χ3v) is 3.19. The van der Waals surface area contributed by atoms with Crippen molar-refractivity contribution in [1.82, 2.24) is 0 Å². The van der Waals surface area contributed by atoms with E-state index < -0.39 is 0 Å². The Morgan fingerprint density at radius 3 is 2.88 bits per heavy atom. The molecule has 0 saturated carbocycles. The number of benzene rings is 1. The summed E-state index contributed by atoms with van der Waals surface area (Å²) in [4.78, 5) is 1.23. The summed E-state index contributed by atoms with van der Waals surface area (Å²) in [7, 11) is 0. The summed E-state index contributed by atoms with van der Waals surface area (Å²) < 4.78 is 5.70. The number of thiophene rings is 1. The van der Waals surface area contributed by atoms with Crippen LogP contribution in [0, 0.1) is 0 Å². The summed E-state index contributed by atoms with van der Waals surface area (Å²) in [6.45, 7) is 2.60. The summed E-state index contributed by atoms with van der Waals surface area (Å²) in [5, 5.41) is 2.05. The molecule has 2 aromatic rings. The molecule has 0 spiro atoms. The highest BCUT2D eigenvalue weighted by atomic mass is 32.1. The van der Waals surface area contributed by atoms with E-state index >= 15 is 0 Å². The van der Waals surface area contributed by atoms with Crippen LogP contribution in [0.15, 0.2) is 41.8 Å². The van der Waals surface area contributed by atoms with E-state index in [-0.39, 0.29) is 6.04 Å². The van der Waals surface area contributed by atoms with Crippen molar-refractivity contribution in [2.45, 2.75) is 19.6 Å². The van der Waals surface area contributed by atoms with Crippen molar-refractivity contribution < 1.29 is 4.74 Å². The minimum Gasteiger partial charge on any atom is -0.488 e. The fourth-order valence-electron chi connectivity index (χ4n) is 1.44. The number of hydrogen-bond acceptors (Lipinski definition) is 3. The number of rotatable bonds is 4. The van der Waals surface area contributed by atoms with Gasteiger partial charge < -0.3 is 10.5 Å². The molecule has 84 valence electrons. The van der Waals surface area contributed by atoms with Crippen LogP contribution in [0.25, 0.3) is 0 Å². The number of ether oxygens (including phenoxy) is 1. The first-order chi connectivity index (χ1) is 7.75. The van der Waals surface area contributed by atoms with Crippen LogP contribution in [0.3, 0.4) is 0 Å². The van der Waals surface area contributed by atoms with Crippen molar-refractivity contribution in [3.05, 3.63) is 52.2 Å². The van der Waals surface area contributed by atoms with Gasteiger partial charge in [0.15, 0.2) is 0 Å². The molecular weight excluding hydrogens is 218 g/mol. The van der Waals surface area contributed by atoms with Crippen LogP contribution < -0.4 is 10.5 Å². The molecule has 2 nitrogen and oxygen atoms in total. The molecule has 2 N–H and O–H groups in total. The van der Waals surface area contributed by atoms with Gasteiger partial charge in [-0.2, -0.15) is 0 Å². The van der Waals surface area contributed by atoms with Crippen molar-refractivity contribution in [1.29, 1.82) is 0 Å². The molecule has 16 heavy (non-hydrogen) atoms. The monoisotopic (exact) mass is 233 g/mol. The fourth-order valence-corrected chi connectivity index (χ4v) is 2.05. The van der Waals surface area contributed by atoms with E-state index in [9.17, 15) is 0 Å². The zero-order valence-corrected chi connectivity index (χ0v) is 10.0. The summed E-state index contributed by atoms with van der Waals surface area (Å²) in [6.07, 6.45) is 0. The van der Waals surface area contributed by atoms with Gasteiger partial charge in [-0.1, -0.05) is 18.2 Å². The molecule has 0 fully saturated rings. The Morgan fingerprint density at radius 2 is 2.19 bits per heavy atom. The Labute approximate surface area is 99.7 Å². The van der Waals surface area contributed by atoms with Gasteiger partial charge in [0.05, 0.1) is 0 Å². The van der Waals surface area contributed by atoms with E-state index in [2.05, 4.69) is 11.4 Å². The Hall–Kier alpha value is -1.32. The van der Waals surface area contributed by atoms with E-state index in [1.54, 1.807) is 11.3 Å². The van der Waals surface area contributed by atoms with Crippen LogP contribution in [-0.4, -0.2) is 0 Å². The highest BCUT2D eigenvalue weighted by Crippen LogP contribution is 2.19. The van der Waals surface area contributed by atoms with Crippen molar-refractivity contribution in [2.24, 2.45) is 5.73 Å². The predicted octanol–water partition coefficient (Wildman–Crippen LogP) is 3.35. The van der Waals surface area contributed by atoms with Crippen LogP contribution in [-0.2, 0) is 6.61 Å². The van der Waals surface area contributed by atoms with Crippen LogP contribution in [0.2, 0.25) is 0 Å². The van der Waals surface area contributed by atoms with E-state index in [0.717, 1.165) is 11.3 Å². The lowest BCUT2D eigenvalue weighted by molar-refractivity contribution is 0.309. The first-order valence-electron chi connectivity index (χ1n) is 5.26. The van der Waals surface area contributed by atoms with Crippen molar-refractivity contribution in [3.8, 4) is 5.75 Å². The lowest BCUT2D eigenvalue weighted by Crippen LogP contribution is -2.05. The van der Waals surface area contributed by atoms with E-state index in [0.29, 0.717) is 6.61 Å². The molecule has 0 aliphatic heterocycles. The molecule has 3 heteroatoms. The van der Waals surface area contributed by atoms with Gasteiger partial charge >= 0.3 is 0 Å². The fraction of sp³-hybridized carbons (Fsp3) is 0.231. The van der Waals surface area contributed by atoms with Crippen LogP contribution >= 0.6 is 11.3 Å². The molecule has 0 aliphatic rings. The zero-order valence-electron chi connectivity index (χ0n) is 9.22. The van der Waals surface area contributed by atoms with Gasteiger partial charge in [0, 0.05) is 10.9 Å². The molecular formula is C13H15NOS. The summed E-state index contributed by atoms with van der Waals surface area (Å²) >= 11 is 1.70. The van der Waals surface area contributed by atoms with Gasteiger partial charge in [0.2, 0.25) is 0 Å². The van der Waals surface area contributed by atoms with Gasteiger partial charge in [-0.25, -0.2) is 0 Å². The summed E-state index contributed by atoms with van der Waals surface area (Å²) in [6, 6.07) is 12.1. The van der Waals surface area contributed by atoms with E-state index in [4.69, 9.17) is 10.5 Å².